The van der Waals surface area contributed by atoms with Crippen LogP contribution >= 0.6 is 0 Å². The van der Waals surface area contributed by atoms with Crippen molar-refractivity contribution in [3.05, 3.63) is 106 Å². The van der Waals surface area contributed by atoms with Crippen LogP contribution in [0.3, 0.4) is 0 Å². The Morgan fingerprint density at radius 1 is 1.00 bits per heavy atom. The van der Waals surface area contributed by atoms with Gasteiger partial charge >= 0.3 is 12.0 Å². The number of carbonyl (C=O) groups is 2. The van der Waals surface area contributed by atoms with E-state index < -0.39 is 23.9 Å². The Morgan fingerprint density at radius 2 is 1.82 bits per heavy atom. The molecular weight excluding hydrogens is 503 g/mol. The van der Waals surface area contributed by atoms with Gasteiger partial charge in [0.15, 0.2) is 11.5 Å². The molecule has 3 aromatic rings. The summed E-state index contributed by atoms with van der Waals surface area (Å²) >= 11 is 0. The van der Waals surface area contributed by atoms with E-state index in [1.165, 1.54) is 12.1 Å². The van der Waals surface area contributed by atoms with E-state index in [2.05, 4.69) is 16.7 Å². The van der Waals surface area contributed by atoms with Crippen molar-refractivity contribution < 1.29 is 28.2 Å². The van der Waals surface area contributed by atoms with Crippen molar-refractivity contribution >= 4 is 12.0 Å². The molecule has 194 valence electrons. The second-order valence-corrected chi connectivity index (χ2v) is 8.85. The zero-order valence-electron chi connectivity index (χ0n) is 20.5. The summed E-state index contributed by atoms with van der Waals surface area (Å²) in [6.07, 6.45) is 0.762. The Morgan fingerprint density at radius 3 is 2.64 bits per heavy atom. The molecule has 39 heavy (non-hydrogen) atoms. The highest BCUT2D eigenvalue weighted by atomic mass is 19.1. The van der Waals surface area contributed by atoms with Gasteiger partial charge in [0.25, 0.3) is 0 Å². The molecule has 0 saturated carbocycles. The Labute approximate surface area is 223 Å². The summed E-state index contributed by atoms with van der Waals surface area (Å²) in [5.74, 6) is -0.107. The van der Waals surface area contributed by atoms with Crippen LogP contribution in [-0.4, -0.2) is 18.8 Å². The lowest BCUT2D eigenvalue weighted by atomic mass is 9.92. The molecule has 2 N–H and O–H groups in total. The van der Waals surface area contributed by atoms with Crippen LogP contribution in [0, 0.1) is 28.5 Å². The Balaban J connectivity index is 1.46. The largest absolute Gasteiger partial charge is 0.457 e. The molecule has 0 bridgehead atoms. The van der Waals surface area contributed by atoms with Crippen molar-refractivity contribution in [2.45, 2.75) is 25.5 Å². The van der Waals surface area contributed by atoms with Crippen molar-refractivity contribution in [1.82, 2.24) is 10.6 Å². The number of rotatable bonds is 7. The highest BCUT2D eigenvalue weighted by Crippen LogP contribution is 2.34. The van der Waals surface area contributed by atoms with Crippen LogP contribution in [0.5, 0.6) is 11.5 Å². The second-order valence-electron chi connectivity index (χ2n) is 8.85. The zero-order chi connectivity index (χ0) is 27.4. The lowest BCUT2D eigenvalue weighted by molar-refractivity contribution is -0.140. The maximum Gasteiger partial charge on any atom is 0.338 e. The lowest BCUT2D eigenvalue weighted by Crippen LogP contribution is -2.46. The number of nitriles is 2. The molecule has 3 aromatic carbocycles. The first kappa shape index (κ1) is 25.3. The molecule has 1 atom stereocenters. The summed E-state index contributed by atoms with van der Waals surface area (Å²) in [6.45, 7) is -0.0688. The number of aryl methyl sites for hydroxylation is 1. The fraction of sp³-hybridized carbons (Fsp3) is 0.172. The summed E-state index contributed by atoms with van der Waals surface area (Å²) in [5.41, 5.74) is 2.61. The van der Waals surface area contributed by atoms with Gasteiger partial charge in [-0.25, -0.2) is 14.0 Å². The number of nitrogens with one attached hydrogen (secondary N) is 2. The molecule has 2 aliphatic heterocycles. The van der Waals surface area contributed by atoms with Crippen LogP contribution in [0.1, 0.15) is 40.3 Å². The predicted molar refractivity (Wildman–Crippen MR) is 134 cm³/mol. The monoisotopic (exact) mass is 524 g/mol. The van der Waals surface area contributed by atoms with Crippen molar-refractivity contribution in [2.75, 3.05) is 6.79 Å². The van der Waals surface area contributed by atoms with Crippen LogP contribution in [0.15, 0.2) is 71.9 Å². The number of nitrogens with zero attached hydrogens (tertiary/aromatic N) is 2. The first-order valence-electron chi connectivity index (χ1n) is 12.0. The number of fused-ring (bicyclic) bond motifs is 1. The minimum Gasteiger partial charge on any atom is -0.457 e. The quantitative estimate of drug-likeness (QED) is 0.441. The zero-order valence-corrected chi connectivity index (χ0v) is 20.5. The molecule has 9 nitrogen and oxygen atoms in total. The number of allylic oxidation sites excluding steroid dienone is 1. The minimum atomic E-state index is -0.880. The maximum atomic E-state index is 13.7. The number of esters is 1. The Hall–Kier alpha value is -5.35. The third-order valence-electron chi connectivity index (χ3n) is 6.34. The van der Waals surface area contributed by atoms with Gasteiger partial charge in [-0.15, -0.1) is 0 Å². The van der Waals surface area contributed by atoms with Crippen LogP contribution in [0.4, 0.5) is 9.18 Å². The van der Waals surface area contributed by atoms with Gasteiger partial charge in [0.2, 0.25) is 6.79 Å². The average Bonchev–Trinajstić information content (AvgIpc) is 3.43. The maximum absolute atomic E-state index is 13.7. The van der Waals surface area contributed by atoms with Crippen LogP contribution in [-0.2, 0) is 22.6 Å². The first-order valence-corrected chi connectivity index (χ1v) is 12.0. The fourth-order valence-electron chi connectivity index (χ4n) is 4.43. The van der Waals surface area contributed by atoms with Gasteiger partial charge in [0.1, 0.15) is 18.5 Å². The van der Waals surface area contributed by atoms with Crippen LogP contribution in [0.25, 0.3) is 0 Å². The van der Waals surface area contributed by atoms with Gasteiger partial charge in [-0.3, -0.25) is 0 Å². The van der Waals surface area contributed by atoms with E-state index in [4.69, 9.17) is 19.5 Å². The van der Waals surface area contributed by atoms with E-state index in [1.54, 1.807) is 36.4 Å². The van der Waals surface area contributed by atoms with Gasteiger partial charge in [-0.05, 0) is 65.9 Å². The summed E-state index contributed by atoms with van der Waals surface area (Å²) < 4.78 is 30.1. The van der Waals surface area contributed by atoms with E-state index >= 15 is 0 Å². The minimum absolute atomic E-state index is 0.148. The molecular formula is C29H21FN4O5. The number of hydrogen-bond donors (Lipinski definition) is 2. The van der Waals surface area contributed by atoms with Gasteiger partial charge in [0.05, 0.1) is 28.8 Å². The van der Waals surface area contributed by atoms with Crippen molar-refractivity contribution in [3.8, 4) is 23.6 Å². The molecule has 0 fully saturated rings. The molecule has 5 rings (SSSR count). The normalized spacial score (nSPS) is 15.6. The second kappa shape index (κ2) is 11.0. The standard InChI is InChI=1S/C29H21FN4O5/c30-22-7-4-19(11-21(22)14-32)15-37-28(35)26-23(8-5-17-6-9-24-25(12-17)39-16-38-24)33-29(36)34-27(26)20-3-1-2-18(10-20)13-31/h1-4,6-7,9-12,27H,5,8,15-16H2,(H2,33,34,36). The first-order chi connectivity index (χ1) is 18.9. The highest BCUT2D eigenvalue weighted by molar-refractivity contribution is 5.95. The van der Waals surface area contributed by atoms with Gasteiger partial charge in [-0.2, -0.15) is 10.5 Å². The molecule has 0 spiro atoms. The predicted octanol–water partition coefficient (Wildman–Crippen LogP) is 4.28. The Kier molecular flexibility index (Phi) is 7.11. The molecule has 2 amide bonds. The summed E-state index contributed by atoms with van der Waals surface area (Å²) in [4.78, 5) is 26.2. The van der Waals surface area contributed by atoms with Gasteiger partial charge in [0, 0.05) is 5.70 Å². The fourth-order valence-corrected chi connectivity index (χ4v) is 4.43. The molecule has 0 aliphatic carbocycles. The van der Waals surface area contributed by atoms with Gasteiger partial charge < -0.3 is 24.8 Å². The van der Waals surface area contributed by atoms with Crippen molar-refractivity contribution in [3.63, 3.8) is 0 Å². The summed E-state index contributed by atoms with van der Waals surface area (Å²) in [6, 6.07) is 18.4. The van der Waals surface area contributed by atoms with E-state index in [-0.39, 0.29) is 24.5 Å². The average molecular weight is 525 g/mol. The van der Waals surface area contributed by atoms with E-state index in [1.807, 2.05) is 12.1 Å². The smallest absolute Gasteiger partial charge is 0.338 e. The molecule has 1 unspecified atom stereocenters. The summed E-state index contributed by atoms with van der Waals surface area (Å²) in [7, 11) is 0. The van der Waals surface area contributed by atoms with E-state index in [9.17, 15) is 19.2 Å². The topological polar surface area (TPSA) is 133 Å². The molecule has 0 radical (unpaired) electrons. The number of benzene rings is 3. The SMILES string of the molecule is N#Cc1cccc(C2NC(=O)NC(CCc3ccc4c(c3)OCO4)=C2C(=O)OCc2ccc(F)c(C#N)c2)c1. The van der Waals surface area contributed by atoms with Gasteiger partial charge in [-0.1, -0.05) is 24.3 Å². The number of urea groups is 1. The summed E-state index contributed by atoms with van der Waals surface area (Å²) in [5, 5.41) is 24.0. The molecule has 10 heteroatoms. The molecule has 0 saturated heterocycles. The third kappa shape index (κ3) is 5.50. The number of ether oxygens (including phenoxy) is 3. The molecule has 2 aliphatic rings. The Bertz CT molecular complexity index is 1590. The number of carbonyl (C=O) groups excluding carboxylic acids is 2. The van der Waals surface area contributed by atoms with Crippen molar-refractivity contribution in [2.24, 2.45) is 0 Å². The van der Waals surface area contributed by atoms with E-state index in [0.29, 0.717) is 46.7 Å². The van der Waals surface area contributed by atoms with Crippen LogP contribution in [0.2, 0.25) is 0 Å². The number of amides is 2. The highest BCUT2D eigenvalue weighted by Gasteiger charge is 2.34. The van der Waals surface area contributed by atoms with Crippen molar-refractivity contribution in [1.29, 1.82) is 10.5 Å². The molecule has 2 heterocycles. The molecule has 0 aromatic heterocycles. The number of hydrogen-bond acceptors (Lipinski definition) is 7. The van der Waals surface area contributed by atoms with E-state index in [0.717, 1.165) is 11.6 Å². The third-order valence-corrected chi connectivity index (χ3v) is 6.34. The lowest BCUT2D eigenvalue weighted by Gasteiger charge is -2.29. The van der Waals surface area contributed by atoms with Crippen LogP contribution < -0.4 is 20.1 Å². The number of halogens is 1.